The molecule has 0 amide bonds. The standard InChI is InChI=1S/C20H16ClN3S/c1-12-8-9-16(13(2)10-12)22-18-15-11-17(14-6-4-3-5-7-14)25-19(15)24-20(21)23-18/h3-11H,1-2H3,(H,22,23,24). The van der Waals surface area contributed by atoms with E-state index in [1.807, 2.05) is 18.2 Å². The molecule has 3 nitrogen and oxygen atoms in total. The maximum atomic E-state index is 6.15. The number of fused-ring (bicyclic) bond motifs is 1. The third kappa shape index (κ3) is 3.23. The van der Waals surface area contributed by atoms with Crippen LogP contribution < -0.4 is 5.32 Å². The molecule has 2 aromatic carbocycles. The van der Waals surface area contributed by atoms with Gasteiger partial charge in [0.15, 0.2) is 0 Å². The highest BCUT2D eigenvalue weighted by Crippen LogP contribution is 2.37. The summed E-state index contributed by atoms with van der Waals surface area (Å²) in [5, 5.41) is 4.65. The van der Waals surface area contributed by atoms with Gasteiger partial charge in [-0.1, -0.05) is 48.0 Å². The summed E-state index contributed by atoms with van der Waals surface area (Å²) >= 11 is 7.78. The van der Waals surface area contributed by atoms with Crippen molar-refractivity contribution in [2.24, 2.45) is 0 Å². The van der Waals surface area contributed by atoms with E-state index in [1.54, 1.807) is 11.3 Å². The van der Waals surface area contributed by atoms with Crippen molar-refractivity contribution in [2.75, 3.05) is 5.32 Å². The second kappa shape index (κ2) is 6.47. The maximum absolute atomic E-state index is 6.15. The van der Waals surface area contributed by atoms with Crippen molar-refractivity contribution in [1.29, 1.82) is 0 Å². The van der Waals surface area contributed by atoms with Crippen LogP contribution >= 0.6 is 22.9 Å². The van der Waals surface area contributed by atoms with Crippen LogP contribution in [0.25, 0.3) is 20.7 Å². The molecule has 0 atom stereocenters. The molecule has 0 unspecified atom stereocenters. The SMILES string of the molecule is Cc1ccc(Nc2nc(Cl)nc3sc(-c4ccccc4)cc23)c(C)c1. The molecule has 5 heteroatoms. The fourth-order valence-electron chi connectivity index (χ4n) is 2.82. The Kier molecular flexibility index (Phi) is 4.15. The van der Waals surface area contributed by atoms with E-state index in [0.29, 0.717) is 0 Å². The molecular weight excluding hydrogens is 350 g/mol. The van der Waals surface area contributed by atoms with Crippen LogP contribution in [0.4, 0.5) is 11.5 Å². The molecule has 0 saturated carbocycles. The second-order valence-electron chi connectivity index (χ2n) is 5.98. The first-order valence-corrected chi connectivity index (χ1v) is 9.16. The number of nitrogens with zero attached hydrogens (tertiary/aromatic N) is 2. The number of nitrogens with one attached hydrogen (secondary N) is 1. The van der Waals surface area contributed by atoms with Crippen LogP contribution in [0.3, 0.4) is 0 Å². The molecule has 1 N–H and O–H groups in total. The first-order valence-electron chi connectivity index (χ1n) is 7.97. The van der Waals surface area contributed by atoms with E-state index in [9.17, 15) is 0 Å². The number of aromatic nitrogens is 2. The Morgan fingerprint density at radius 1 is 0.960 bits per heavy atom. The molecule has 0 aliphatic rings. The lowest BCUT2D eigenvalue weighted by Gasteiger charge is -2.10. The normalized spacial score (nSPS) is 11.0. The summed E-state index contributed by atoms with van der Waals surface area (Å²) in [6, 6.07) is 18.7. The van der Waals surface area contributed by atoms with Crippen LogP contribution in [0.2, 0.25) is 5.28 Å². The highest BCUT2D eigenvalue weighted by Gasteiger charge is 2.13. The number of hydrogen-bond acceptors (Lipinski definition) is 4. The van der Waals surface area contributed by atoms with Gasteiger partial charge in [0, 0.05) is 10.6 Å². The van der Waals surface area contributed by atoms with E-state index in [4.69, 9.17) is 11.6 Å². The van der Waals surface area contributed by atoms with Gasteiger partial charge in [0.25, 0.3) is 0 Å². The average molecular weight is 366 g/mol. The zero-order valence-electron chi connectivity index (χ0n) is 13.9. The highest BCUT2D eigenvalue weighted by molar-refractivity contribution is 7.22. The first kappa shape index (κ1) is 16.1. The third-order valence-corrected chi connectivity index (χ3v) is 5.31. The Morgan fingerprint density at radius 3 is 2.52 bits per heavy atom. The van der Waals surface area contributed by atoms with E-state index >= 15 is 0 Å². The van der Waals surface area contributed by atoms with Crippen molar-refractivity contribution in [3.8, 4) is 10.4 Å². The zero-order chi connectivity index (χ0) is 17.4. The van der Waals surface area contributed by atoms with Gasteiger partial charge in [0.05, 0.1) is 5.39 Å². The van der Waals surface area contributed by atoms with Crippen molar-refractivity contribution in [3.05, 3.63) is 71.0 Å². The summed E-state index contributed by atoms with van der Waals surface area (Å²) < 4.78 is 0. The zero-order valence-corrected chi connectivity index (χ0v) is 15.4. The van der Waals surface area contributed by atoms with Gasteiger partial charge in [-0.05, 0) is 48.7 Å². The molecule has 0 saturated heterocycles. The van der Waals surface area contributed by atoms with Crippen LogP contribution in [-0.4, -0.2) is 9.97 Å². The number of aryl methyl sites for hydroxylation is 2. The van der Waals surface area contributed by atoms with Gasteiger partial charge in [-0.25, -0.2) is 4.98 Å². The number of thiophene rings is 1. The smallest absolute Gasteiger partial charge is 0.225 e. The summed E-state index contributed by atoms with van der Waals surface area (Å²) in [5.74, 6) is 0.736. The van der Waals surface area contributed by atoms with Crippen molar-refractivity contribution in [3.63, 3.8) is 0 Å². The fraction of sp³-hybridized carbons (Fsp3) is 0.100. The van der Waals surface area contributed by atoms with Gasteiger partial charge in [0.2, 0.25) is 5.28 Å². The van der Waals surface area contributed by atoms with Crippen molar-refractivity contribution >= 4 is 44.7 Å². The van der Waals surface area contributed by atoms with E-state index in [-0.39, 0.29) is 5.28 Å². The molecule has 25 heavy (non-hydrogen) atoms. The number of rotatable bonds is 3. The maximum Gasteiger partial charge on any atom is 0.225 e. The predicted octanol–water partition coefficient (Wildman–Crippen LogP) is 6.37. The van der Waals surface area contributed by atoms with Gasteiger partial charge >= 0.3 is 0 Å². The molecule has 0 spiro atoms. The van der Waals surface area contributed by atoms with Gasteiger partial charge in [-0.2, -0.15) is 4.98 Å². The van der Waals surface area contributed by atoms with Gasteiger partial charge in [-0.3, -0.25) is 0 Å². The van der Waals surface area contributed by atoms with Crippen LogP contribution in [0.1, 0.15) is 11.1 Å². The summed E-state index contributed by atoms with van der Waals surface area (Å²) in [4.78, 5) is 10.8. The highest BCUT2D eigenvalue weighted by atomic mass is 35.5. The van der Waals surface area contributed by atoms with E-state index in [0.717, 1.165) is 26.6 Å². The summed E-state index contributed by atoms with van der Waals surface area (Å²) in [5.41, 5.74) is 4.59. The van der Waals surface area contributed by atoms with Crippen LogP contribution in [0.5, 0.6) is 0 Å². The van der Waals surface area contributed by atoms with Crippen LogP contribution in [0, 0.1) is 13.8 Å². The van der Waals surface area contributed by atoms with Gasteiger partial charge in [0.1, 0.15) is 10.6 Å². The molecule has 0 fully saturated rings. The monoisotopic (exact) mass is 365 g/mol. The molecule has 0 bridgehead atoms. The fourth-order valence-corrected chi connectivity index (χ4v) is 4.07. The summed E-state index contributed by atoms with van der Waals surface area (Å²) in [6.45, 7) is 4.17. The van der Waals surface area contributed by atoms with E-state index in [1.165, 1.54) is 16.7 Å². The van der Waals surface area contributed by atoms with Gasteiger partial charge < -0.3 is 5.32 Å². The Bertz CT molecular complexity index is 1060. The van der Waals surface area contributed by atoms with Crippen molar-refractivity contribution in [1.82, 2.24) is 9.97 Å². The third-order valence-electron chi connectivity index (χ3n) is 4.06. The molecular formula is C20H16ClN3S. The minimum absolute atomic E-state index is 0.251. The minimum atomic E-state index is 0.251. The first-order chi connectivity index (χ1) is 12.1. The lowest BCUT2D eigenvalue weighted by Crippen LogP contribution is -1.98. The molecule has 0 aliphatic heterocycles. The number of benzene rings is 2. The lowest BCUT2D eigenvalue weighted by molar-refractivity contribution is 1.22. The van der Waals surface area contributed by atoms with E-state index < -0.39 is 0 Å². The number of halogens is 1. The largest absolute Gasteiger partial charge is 0.339 e. The van der Waals surface area contributed by atoms with Crippen LogP contribution in [-0.2, 0) is 0 Å². The minimum Gasteiger partial charge on any atom is -0.339 e. The number of hydrogen-bond donors (Lipinski definition) is 1. The number of anilines is 2. The molecule has 4 aromatic rings. The molecule has 4 rings (SSSR count). The van der Waals surface area contributed by atoms with Crippen molar-refractivity contribution in [2.45, 2.75) is 13.8 Å². The quantitative estimate of drug-likeness (QED) is 0.428. The van der Waals surface area contributed by atoms with Crippen LogP contribution in [0.15, 0.2) is 54.6 Å². The summed E-state index contributed by atoms with van der Waals surface area (Å²) in [7, 11) is 0. The summed E-state index contributed by atoms with van der Waals surface area (Å²) in [6.07, 6.45) is 0. The molecule has 124 valence electrons. The van der Waals surface area contributed by atoms with Crippen molar-refractivity contribution < 1.29 is 0 Å². The Balaban J connectivity index is 1.82. The van der Waals surface area contributed by atoms with Gasteiger partial charge in [-0.15, -0.1) is 11.3 Å². The van der Waals surface area contributed by atoms with E-state index in [2.05, 4.69) is 65.5 Å². The molecule has 2 heterocycles. The average Bonchev–Trinajstić information content (AvgIpc) is 3.02. The molecule has 2 aromatic heterocycles. The topological polar surface area (TPSA) is 37.8 Å². The molecule has 0 aliphatic carbocycles. The Labute approximate surface area is 155 Å². The Morgan fingerprint density at radius 2 is 1.76 bits per heavy atom. The lowest BCUT2D eigenvalue weighted by atomic mass is 10.1. The molecule has 0 radical (unpaired) electrons. The second-order valence-corrected chi connectivity index (χ2v) is 7.35. The predicted molar refractivity (Wildman–Crippen MR) is 107 cm³/mol. The Hall–Kier alpha value is -2.43.